The maximum atomic E-state index is 14.0. The number of esters is 3. The number of nitrogens with one attached hydrogen (secondary N) is 2. The minimum atomic E-state index is -4.69. The molecule has 342 valence electrons. The van der Waals surface area contributed by atoms with Crippen LogP contribution < -0.4 is 10.6 Å². The van der Waals surface area contributed by atoms with Crippen LogP contribution in [0.4, 0.5) is 13.2 Å². The molecule has 4 aromatic carbocycles. The fraction of sp³-hybridized carbons (Fsp3) is 0.327. The molecular weight excluding hydrogens is 850 g/mol. The van der Waals surface area contributed by atoms with E-state index in [0.29, 0.717) is 22.3 Å². The number of aliphatic hydroxyl groups excluding tert-OH is 1. The van der Waals surface area contributed by atoms with Crippen LogP contribution in [0.2, 0.25) is 0 Å². The molecule has 4 atom stereocenters. The zero-order valence-electron chi connectivity index (χ0n) is 35.8. The average Bonchev–Trinajstić information content (AvgIpc) is 3.69. The van der Waals surface area contributed by atoms with Crippen molar-refractivity contribution in [3.63, 3.8) is 0 Å². The second-order valence-corrected chi connectivity index (χ2v) is 16.4. The van der Waals surface area contributed by atoms with Gasteiger partial charge in [0.2, 0.25) is 11.7 Å². The molecule has 13 nitrogen and oxygen atoms in total. The van der Waals surface area contributed by atoms with Crippen molar-refractivity contribution < 1.29 is 65.9 Å². The first kappa shape index (κ1) is 47.8. The zero-order chi connectivity index (χ0) is 46.8. The minimum absolute atomic E-state index is 0.00268. The van der Waals surface area contributed by atoms with Gasteiger partial charge in [0.1, 0.15) is 23.9 Å². The number of fused-ring (bicyclic) bond motifs is 1. The molecule has 0 saturated carbocycles. The van der Waals surface area contributed by atoms with Gasteiger partial charge in [-0.2, -0.15) is 13.2 Å². The Morgan fingerprint density at radius 1 is 0.846 bits per heavy atom. The highest BCUT2D eigenvalue weighted by molar-refractivity contribution is 5.96. The van der Waals surface area contributed by atoms with Crippen LogP contribution in [0.25, 0.3) is 6.08 Å². The molecule has 1 heterocycles. The molecule has 65 heavy (non-hydrogen) atoms. The van der Waals surface area contributed by atoms with Gasteiger partial charge >= 0.3 is 24.1 Å². The third-order valence-electron chi connectivity index (χ3n) is 10.2. The van der Waals surface area contributed by atoms with Gasteiger partial charge in [-0.25, -0.2) is 9.59 Å². The number of halogens is 3. The molecule has 1 saturated heterocycles. The van der Waals surface area contributed by atoms with Crippen LogP contribution in [0.3, 0.4) is 0 Å². The summed E-state index contributed by atoms with van der Waals surface area (Å²) in [7, 11) is 0. The van der Waals surface area contributed by atoms with E-state index in [2.05, 4.69) is 15.4 Å². The fourth-order valence-corrected chi connectivity index (χ4v) is 7.21. The van der Waals surface area contributed by atoms with Gasteiger partial charge in [0.25, 0.3) is 5.91 Å². The Morgan fingerprint density at radius 2 is 1.51 bits per heavy atom. The standard InChI is InChI=1S/C49H49F3N2O11/c1-47(2,3)64-42(57)23-21-38(29-55)54-45(59)33-14-11-13-32(25-33)28-53-44(58)35-26-39(62-46(60)34-15-10-12-31(24-34)20-22-41(56)61-30-48(50,51)52)43-40(27-35)63-49(65-43,36-16-6-4-7-17-36)37-18-8-5-9-19-37/h4-20,22,24-25,27,38-40,43,55H,21,23,26,28-30H2,1-3H3,(H,53,58)(H,54,59). The number of amides is 2. The summed E-state index contributed by atoms with van der Waals surface area (Å²) >= 11 is 0. The van der Waals surface area contributed by atoms with E-state index in [1.165, 1.54) is 30.3 Å². The molecule has 0 radical (unpaired) electrons. The van der Waals surface area contributed by atoms with Gasteiger partial charge in [0, 0.05) is 47.7 Å². The van der Waals surface area contributed by atoms with Crippen molar-refractivity contribution in [2.45, 2.75) is 88.5 Å². The van der Waals surface area contributed by atoms with Crippen LogP contribution in [0.15, 0.2) is 127 Å². The Balaban J connectivity index is 1.19. The van der Waals surface area contributed by atoms with Crippen LogP contribution in [-0.2, 0) is 50.4 Å². The number of benzene rings is 4. The molecule has 4 unspecified atom stereocenters. The molecule has 3 N–H and O–H groups in total. The first-order chi connectivity index (χ1) is 30.9. The molecule has 0 aromatic heterocycles. The molecule has 1 aliphatic heterocycles. The van der Waals surface area contributed by atoms with Crippen LogP contribution in [0.1, 0.15) is 83.0 Å². The van der Waals surface area contributed by atoms with Crippen molar-refractivity contribution in [2.75, 3.05) is 13.2 Å². The lowest BCUT2D eigenvalue weighted by atomic mass is 9.91. The lowest BCUT2D eigenvalue weighted by molar-refractivity contribution is -0.182. The maximum Gasteiger partial charge on any atom is 0.422 e. The van der Waals surface area contributed by atoms with E-state index in [0.717, 1.165) is 6.08 Å². The van der Waals surface area contributed by atoms with Crippen LogP contribution in [-0.4, -0.2) is 84.2 Å². The lowest BCUT2D eigenvalue weighted by Gasteiger charge is -2.31. The summed E-state index contributed by atoms with van der Waals surface area (Å²) < 4.78 is 66.7. The van der Waals surface area contributed by atoms with E-state index < -0.39 is 84.9 Å². The highest BCUT2D eigenvalue weighted by atomic mass is 19.4. The number of carbonyl (C=O) groups excluding carboxylic acids is 5. The summed E-state index contributed by atoms with van der Waals surface area (Å²) in [5.41, 5.74) is 2.03. The molecule has 0 bridgehead atoms. The first-order valence-corrected chi connectivity index (χ1v) is 20.8. The molecule has 16 heteroatoms. The van der Waals surface area contributed by atoms with Crippen molar-refractivity contribution in [3.8, 4) is 0 Å². The van der Waals surface area contributed by atoms with Crippen LogP contribution in [0, 0.1) is 0 Å². The molecule has 4 aromatic rings. The molecule has 6 rings (SSSR count). The third kappa shape index (κ3) is 13.2. The normalized spacial score (nSPS) is 18.4. The van der Waals surface area contributed by atoms with Crippen molar-refractivity contribution in [1.29, 1.82) is 0 Å². The first-order valence-electron chi connectivity index (χ1n) is 20.8. The number of hydrogen-bond donors (Lipinski definition) is 3. The van der Waals surface area contributed by atoms with E-state index in [4.69, 9.17) is 18.9 Å². The molecule has 1 aliphatic carbocycles. The van der Waals surface area contributed by atoms with Crippen molar-refractivity contribution in [3.05, 3.63) is 160 Å². The monoisotopic (exact) mass is 898 g/mol. The van der Waals surface area contributed by atoms with E-state index >= 15 is 0 Å². The predicted molar refractivity (Wildman–Crippen MR) is 230 cm³/mol. The maximum absolute atomic E-state index is 14.0. The topological polar surface area (TPSA) is 176 Å². The quantitative estimate of drug-likeness (QED) is 0.0608. The number of hydrogen-bond acceptors (Lipinski definition) is 11. The molecule has 2 amide bonds. The Bertz CT molecular complexity index is 2360. The van der Waals surface area contributed by atoms with E-state index in [1.807, 2.05) is 60.7 Å². The molecular formula is C49H49F3N2O11. The second kappa shape index (κ2) is 20.9. The van der Waals surface area contributed by atoms with Crippen molar-refractivity contribution >= 4 is 35.8 Å². The number of rotatable bonds is 16. The van der Waals surface area contributed by atoms with Crippen LogP contribution in [0.5, 0.6) is 0 Å². The summed E-state index contributed by atoms with van der Waals surface area (Å²) in [5.74, 6) is -4.96. The van der Waals surface area contributed by atoms with Crippen molar-refractivity contribution in [2.24, 2.45) is 0 Å². The highest BCUT2D eigenvalue weighted by Gasteiger charge is 2.55. The van der Waals surface area contributed by atoms with Gasteiger partial charge < -0.3 is 39.4 Å². The Labute approximate surface area is 373 Å². The van der Waals surface area contributed by atoms with E-state index in [9.17, 15) is 42.3 Å². The van der Waals surface area contributed by atoms with Gasteiger partial charge in [-0.15, -0.1) is 0 Å². The number of ether oxygens (including phenoxy) is 5. The van der Waals surface area contributed by atoms with Gasteiger partial charge in [-0.1, -0.05) is 84.9 Å². The largest absolute Gasteiger partial charge is 0.460 e. The van der Waals surface area contributed by atoms with E-state index in [1.54, 1.807) is 51.1 Å². The number of carbonyl (C=O) groups is 5. The second-order valence-electron chi connectivity index (χ2n) is 16.4. The van der Waals surface area contributed by atoms with Gasteiger partial charge in [0.05, 0.1) is 18.2 Å². The van der Waals surface area contributed by atoms with Gasteiger partial charge in [-0.3, -0.25) is 14.4 Å². The lowest BCUT2D eigenvalue weighted by Crippen LogP contribution is -2.43. The zero-order valence-corrected chi connectivity index (χ0v) is 35.8. The molecule has 1 fully saturated rings. The van der Waals surface area contributed by atoms with Gasteiger partial charge in [0.15, 0.2) is 6.61 Å². The van der Waals surface area contributed by atoms with Crippen molar-refractivity contribution in [1.82, 2.24) is 10.6 Å². The summed E-state index contributed by atoms with van der Waals surface area (Å²) in [6, 6.07) is 30.0. The predicted octanol–water partition coefficient (Wildman–Crippen LogP) is 6.88. The molecule has 2 aliphatic rings. The minimum Gasteiger partial charge on any atom is -0.460 e. The highest BCUT2D eigenvalue weighted by Crippen LogP contribution is 2.47. The smallest absolute Gasteiger partial charge is 0.422 e. The summed E-state index contributed by atoms with van der Waals surface area (Å²) in [6.07, 6.45) is -3.89. The summed E-state index contributed by atoms with van der Waals surface area (Å²) in [5, 5.41) is 15.5. The summed E-state index contributed by atoms with van der Waals surface area (Å²) in [6.45, 7) is 3.09. The number of alkyl halides is 3. The summed E-state index contributed by atoms with van der Waals surface area (Å²) in [4.78, 5) is 65.1. The van der Waals surface area contributed by atoms with E-state index in [-0.39, 0.29) is 42.5 Å². The SMILES string of the molecule is CC(C)(C)OC(=O)CCC(CO)NC(=O)c1cccc(CNC(=O)C2=CC3OC(c4ccccc4)(c4ccccc4)OC3C(OC(=O)c3cccc(C=CC(=O)OCC(F)(F)F)c3)C2)c1. The average molecular weight is 899 g/mol. The third-order valence-corrected chi connectivity index (χ3v) is 10.2. The molecule has 0 spiro atoms. The Hall–Kier alpha value is -6.62. The Kier molecular flexibility index (Phi) is 15.4. The fourth-order valence-electron chi connectivity index (χ4n) is 7.21. The Morgan fingerprint density at radius 3 is 2.15 bits per heavy atom. The van der Waals surface area contributed by atoms with Crippen LogP contribution >= 0.6 is 0 Å². The number of aliphatic hydroxyl groups is 1. The van der Waals surface area contributed by atoms with Gasteiger partial charge in [-0.05, 0) is 74.7 Å².